The third-order valence-corrected chi connectivity index (χ3v) is 5.92. The quantitative estimate of drug-likeness (QED) is 0.681. The molecule has 3 heterocycles. The Hall–Kier alpha value is -2.32. The Labute approximate surface area is 159 Å². The van der Waals surface area contributed by atoms with Gasteiger partial charge in [-0.3, -0.25) is 4.79 Å². The van der Waals surface area contributed by atoms with E-state index < -0.39 is 0 Å². The van der Waals surface area contributed by atoms with Crippen LogP contribution < -0.4 is 9.64 Å². The van der Waals surface area contributed by atoms with Gasteiger partial charge in [-0.05, 0) is 19.1 Å². The minimum Gasteiger partial charge on any atom is -0.494 e. The van der Waals surface area contributed by atoms with Crippen molar-refractivity contribution in [3.63, 3.8) is 0 Å². The number of ether oxygens (including phenoxy) is 1. The topological polar surface area (TPSA) is 71.7 Å². The van der Waals surface area contributed by atoms with Gasteiger partial charge in [-0.15, -0.1) is 0 Å². The number of thiazole rings is 1. The number of aryl methyl sites for hydroxylation is 1. The van der Waals surface area contributed by atoms with Crippen molar-refractivity contribution in [3.8, 4) is 5.75 Å². The highest BCUT2D eigenvalue weighted by molar-refractivity contribution is 7.22. The van der Waals surface area contributed by atoms with Crippen LogP contribution in [0.4, 0.5) is 5.13 Å². The molecule has 0 atom stereocenters. The van der Waals surface area contributed by atoms with Crippen LogP contribution in [-0.2, 0) is 0 Å². The van der Waals surface area contributed by atoms with Crippen molar-refractivity contribution < 1.29 is 14.1 Å². The van der Waals surface area contributed by atoms with E-state index in [0.717, 1.165) is 15.3 Å². The Morgan fingerprint density at radius 2 is 2.08 bits per heavy atom. The Morgan fingerprint density at radius 1 is 1.31 bits per heavy atom. The van der Waals surface area contributed by atoms with Crippen LogP contribution in [0.5, 0.6) is 5.75 Å². The normalized spacial score (nSPS) is 14.9. The smallest absolute Gasteiger partial charge is 0.292 e. The van der Waals surface area contributed by atoms with E-state index in [-0.39, 0.29) is 11.7 Å². The van der Waals surface area contributed by atoms with Crippen LogP contribution >= 0.6 is 22.9 Å². The van der Waals surface area contributed by atoms with Gasteiger partial charge < -0.3 is 19.1 Å². The molecule has 1 aliphatic rings. The lowest BCUT2D eigenvalue weighted by atomic mass is 10.3. The number of aromatic nitrogens is 2. The Kier molecular flexibility index (Phi) is 4.46. The molecule has 26 heavy (non-hydrogen) atoms. The number of anilines is 1. The summed E-state index contributed by atoms with van der Waals surface area (Å²) in [5.41, 5.74) is 1.47. The highest BCUT2D eigenvalue weighted by atomic mass is 35.5. The molecular formula is C17H17ClN4O3S. The highest BCUT2D eigenvalue weighted by Crippen LogP contribution is 2.38. The molecule has 0 aliphatic carbocycles. The van der Waals surface area contributed by atoms with Crippen LogP contribution in [0, 0.1) is 6.92 Å². The molecule has 9 heteroatoms. The first-order valence-corrected chi connectivity index (χ1v) is 9.37. The van der Waals surface area contributed by atoms with Crippen LogP contribution in [0.1, 0.15) is 16.2 Å². The maximum Gasteiger partial charge on any atom is 0.292 e. The summed E-state index contributed by atoms with van der Waals surface area (Å²) in [5, 5.41) is 5.33. The molecule has 0 bridgehead atoms. The molecule has 2 aromatic heterocycles. The van der Waals surface area contributed by atoms with Crippen LogP contribution in [0.25, 0.3) is 10.2 Å². The fourth-order valence-corrected chi connectivity index (χ4v) is 4.27. The number of piperazine rings is 1. The number of hydrogen-bond donors (Lipinski definition) is 0. The Balaban J connectivity index is 1.50. The number of benzene rings is 1. The molecule has 0 saturated carbocycles. The average Bonchev–Trinajstić information content (AvgIpc) is 3.29. The first-order chi connectivity index (χ1) is 12.6. The summed E-state index contributed by atoms with van der Waals surface area (Å²) in [5.74, 6) is 0.869. The molecule has 3 aromatic rings. The van der Waals surface area contributed by atoms with E-state index in [0.29, 0.717) is 42.6 Å². The van der Waals surface area contributed by atoms with E-state index in [9.17, 15) is 4.79 Å². The van der Waals surface area contributed by atoms with Gasteiger partial charge in [-0.25, -0.2) is 4.98 Å². The minimum atomic E-state index is -0.126. The third-order valence-electron chi connectivity index (χ3n) is 4.34. The van der Waals surface area contributed by atoms with Gasteiger partial charge in [0, 0.05) is 32.2 Å². The predicted molar refractivity (Wildman–Crippen MR) is 101 cm³/mol. The number of hydrogen-bond acceptors (Lipinski definition) is 7. The van der Waals surface area contributed by atoms with Gasteiger partial charge in [0.2, 0.25) is 5.76 Å². The van der Waals surface area contributed by atoms with Crippen molar-refractivity contribution in [1.82, 2.24) is 15.0 Å². The summed E-state index contributed by atoms with van der Waals surface area (Å²) in [6, 6.07) is 5.31. The zero-order chi connectivity index (χ0) is 18.3. The van der Waals surface area contributed by atoms with Crippen molar-refractivity contribution in [2.75, 3.05) is 38.2 Å². The van der Waals surface area contributed by atoms with Gasteiger partial charge in [-0.2, -0.15) is 0 Å². The number of methoxy groups -OCH3 is 1. The van der Waals surface area contributed by atoms with Gasteiger partial charge in [0.1, 0.15) is 11.3 Å². The van der Waals surface area contributed by atoms with Crippen molar-refractivity contribution >= 4 is 44.2 Å². The molecular weight excluding hydrogens is 376 g/mol. The molecule has 1 fully saturated rings. The van der Waals surface area contributed by atoms with Crippen molar-refractivity contribution in [3.05, 3.63) is 34.7 Å². The van der Waals surface area contributed by atoms with Gasteiger partial charge in [-0.1, -0.05) is 28.1 Å². The summed E-state index contributed by atoms with van der Waals surface area (Å²) in [7, 11) is 1.62. The fraction of sp³-hybridized carbons (Fsp3) is 0.353. The molecule has 1 aromatic carbocycles. The van der Waals surface area contributed by atoms with E-state index >= 15 is 0 Å². The zero-order valence-corrected chi connectivity index (χ0v) is 15.9. The third kappa shape index (κ3) is 2.99. The first-order valence-electron chi connectivity index (χ1n) is 8.17. The molecule has 0 N–H and O–H groups in total. The SMILES string of the molecule is COc1ccc(Cl)c2sc(N3CCN(C(=O)c4cc(C)no4)CC3)nc12. The predicted octanol–water partition coefficient (Wildman–Crippen LogP) is 3.22. The molecule has 136 valence electrons. The summed E-state index contributed by atoms with van der Waals surface area (Å²) in [6.07, 6.45) is 0. The molecule has 1 aliphatic heterocycles. The number of fused-ring (bicyclic) bond motifs is 1. The van der Waals surface area contributed by atoms with Gasteiger partial charge in [0.15, 0.2) is 5.13 Å². The molecule has 7 nitrogen and oxygen atoms in total. The van der Waals surface area contributed by atoms with E-state index in [1.807, 2.05) is 12.1 Å². The summed E-state index contributed by atoms with van der Waals surface area (Å²) in [6.45, 7) is 4.38. The molecule has 0 radical (unpaired) electrons. The lowest BCUT2D eigenvalue weighted by molar-refractivity contribution is 0.0704. The second kappa shape index (κ2) is 6.77. The van der Waals surface area contributed by atoms with Crippen molar-refractivity contribution in [2.24, 2.45) is 0 Å². The minimum absolute atomic E-state index is 0.126. The number of halogens is 1. The fourth-order valence-electron chi connectivity index (χ4n) is 2.96. The zero-order valence-electron chi connectivity index (χ0n) is 14.4. The maximum absolute atomic E-state index is 12.5. The van der Waals surface area contributed by atoms with Gasteiger partial charge >= 0.3 is 0 Å². The van der Waals surface area contributed by atoms with Crippen LogP contribution in [0.15, 0.2) is 22.7 Å². The number of nitrogens with zero attached hydrogens (tertiary/aromatic N) is 4. The first kappa shape index (κ1) is 17.1. The second-order valence-corrected chi connectivity index (χ2v) is 7.42. The maximum atomic E-state index is 12.5. The largest absolute Gasteiger partial charge is 0.494 e. The summed E-state index contributed by atoms with van der Waals surface area (Å²) >= 11 is 7.84. The summed E-state index contributed by atoms with van der Waals surface area (Å²) < 4.78 is 11.4. The summed E-state index contributed by atoms with van der Waals surface area (Å²) in [4.78, 5) is 21.1. The van der Waals surface area contributed by atoms with Gasteiger partial charge in [0.25, 0.3) is 5.91 Å². The van der Waals surface area contributed by atoms with E-state index in [4.69, 9.17) is 25.8 Å². The standard InChI is InChI=1S/C17H17ClN4O3S/c1-10-9-13(25-20-10)16(23)21-5-7-22(8-6-21)17-19-14-12(24-2)4-3-11(18)15(14)26-17/h3-4,9H,5-8H2,1-2H3. The van der Waals surface area contributed by atoms with Gasteiger partial charge in [0.05, 0.1) is 22.5 Å². The van der Waals surface area contributed by atoms with Crippen LogP contribution in [0.2, 0.25) is 5.02 Å². The molecule has 1 saturated heterocycles. The van der Waals surface area contributed by atoms with E-state index in [1.54, 1.807) is 36.3 Å². The Morgan fingerprint density at radius 3 is 2.73 bits per heavy atom. The average molecular weight is 393 g/mol. The molecule has 0 spiro atoms. The monoisotopic (exact) mass is 392 g/mol. The van der Waals surface area contributed by atoms with E-state index in [1.165, 1.54) is 0 Å². The lowest BCUT2D eigenvalue weighted by Crippen LogP contribution is -2.48. The second-order valence-electron chi connectivity index (χ2n) is 6.04. The van der Waals surface area contributed by atoms with Crippen LogP contribution in [-0.4, -0.2) is 54.2 Å². The van der Waals surface area contributed by atoms with Crippen LogP contribution in [0.3, 0.4) is 0 Å². The molecule has 0 unspecified atom stereocenters. The Bertz CT molecular complexity index is 962. The lowest BCUT2D eigenvalue weighted by Gasteiger charge is -2.33. The number of rotatable bonds is 3. The number of carbonyl (C=O) groups excluding carboxylic acids is 1. The van der Waals surface area contributed by atoms with Crippen molar-refractivity contribution in [2.45, 2.75) is 6.92 Å². The molecule has 1 amide bonds. The highest BCUT2D eigenvalue weighted by Gasteiger charge is 2.26. The van der Waals surface area contributed by atoms with E-state index in [2.05, 4.69) is 10.1 Å². The van der Waals surface area contributed by atoms with Crippen molar-refractivity contribution in [1.29, 1.82) is 0 Å². The number of amides is 1. The number of carbonyl (C=O) groups is 1. The molecule has 4 rings (SSSR count).